The molecule has 0 amide bonds. The van der Waals surface area contributed by atoms with Crippen molar-refractivity contribution in [3.8, 4) is 0 Å². The van der Waals surface area contributed by atoms with E-state index in [0.29, 0.717) is 35.4 Å². The fourth-order valence-corrected chi connectivity index (χ4v) is 15.3. The molecule has 0 spiro atoms. The SMILES string of the molecule is CCC(C)(C)C(=O)OCc1ccc(P(=O)(C(=O)c2c(C)cc(C)cc2C)c2ccccc2)cc1.CCOP(=O)(C(=O)c1ccccc1C(=O)OCCCCOC(=O)c1ccccc1C(=O)P(=O)(OCC)c1ccccc1)c1ccccc1. The lowest BCUT2D eigenvalue weighted by Gasteiger charge is -2.22. The van der Waals surface area contributed by atoms with Gasteiger partial charge >= 0.3 is 32.6 Å². The van der Waals surface area contributed by atoms with Gasteiger partial charge in [-0.05, 0) is 133 Å². The first-order valence-electron chi connectivity index (χ1n) is 26.9. The first-order chi connectivity index (χ1) is 39.2. The van der Waals surface area contributed by atoms with Crippen LogP contribution in [0.2, 0.25) is 0 Å². The molecular formula is C65H69O14P3. The largest absolute Gasteiger partial charge is 0.462 e. The second kappa shape index (κ2) is 29.0. The standard InChI is InChI=1S/C36H36O10P2.C29H33O4P/c1-3-45-47(41,27-17-7-5-8-18-27)35(39)31-23-13-11-21-29(31)33(37)43-25-15-16-26-44-34(38)30-22-12-14-24-32(30)36(40)48(42,46-4-2)28-19-9-6-10-20-28;1-7-29(5,6)28(31)33-19-23-13-15-25(16-14-23)34(32,24-11-9-8-10-12-24)27(30)26-21(3)17-20(2)18-22(26)4/h5-14,17-24H,3-4,15-16,25-26H2,1-2H3;8-18H,7,19H2,1-6H3. The second-order valence-electron chi connectivity index (χ2n) is 19.8. The number of aryl methyl sites for hydroxylation is 3. The lowest BCUT2D eigenvalue weighted by Crippen LogP contribution is -2.26. The Morgan fingerprint density at radius 2 is 0.805 bits per heavy atom. The Bertz CT molecular complexity index is 3380. The molecule has 82 heavy (non-hydrogen) atoms. The van der Waals surface area contributed by atoms with E-state index in [-0.39, 0.29) is 77.4 Å². The van der Waals surface area contributed by atoms with Crippen LogP contribution in [0.25, 0.3) is 0 Å². The molecule has 0 radical (unpaired) electrons. The third kappa shape index (κ3) is 15.0. The lowest BCUT2D eigenvalue weighted by molar-refractivity contribution is -0.155. The van der Waals surface area contributed by atoms with Crippen LogP contribution in [0.15, 0.2) is 176 Å². The summed E-state index contributed by atoms with van der Waals surface area (Å²) in [4.78, 5) is 79.3. The van der Waals surface area contributed by atoms with Crippen LogP contribution in [0.4, 0.5) is 0 Å². The van der Waals surface area contributed by atoms with E-state index < -0.39 is 50.3 Å². The Morgan fingerprint density at radius 3 is 1.20 bits per heavy atom. The van der Waals surface area contributed by atoms with Crippen molar-refractivity contribution in [2.75, 3.05) is 26.4 Å². The summed E-state index contributed by atoms with van der Waals surface area (Å²) in [5.41, 5.74) is 1.21. The van der Waals surface area contributed by atoms with E-state index in [1.54, 1.807) is 147 Å². The molecule has 0 saturated carbocycles. The van der Waals surface area contributed by atoms with E-state index in [0.717, 1.165) is 22.3 Å². The number of benzene rings is 7. The van der Waals surface area contributed by atoms with Crippen molar-refractivity contribution in [1.29, 1.82) is 0 Å². The van der Waals surface area contributed by atoms with Crippen molar-refractivity contribution >= 4 is 77.6 Å². The molecule has 0 aliphatic heterocycles. The Hall–Kier alpha value is -7.43. The molecule has 0 aliphatic rings. The van der Waals surface area contributed by atoms with Crippen LogP contribution in [0.1, 0.15) is 128 Å². The van der Waals surface area contributed by atoms with E-state index in [2.05, 4.69) is 0 Å². The van der Waals surface area contributed by atoms with Crippen LogP contribution in [0, 0.1) is 26.2 Å². The Balaban J connectivity index is 0.000000280. The van der Waals surface area contributed by atoms with E-state index in [4.69, 9.17) is 23.3 Å². The molecule has 7 rings (SSSR count). The van der Waals surface area contributed by atoms with Gasteiger partial charge in [0.1, 0.15) is 6.61 Å². The Morgan fingerprint density at radius 1 is 0.439 bits per heavy atom. The average Bonchev–Trinajstić information content (AvgIpc) is 3.64. The van der Waals surface area contributed by atoms with Crippen molar-refractivity contribution < 1.29 is 65.7 Å². The minimum Gasteiger partial charge on any atom is -0.462 e. The van der Waals surface area contributed by atoms with E-state index in [1.807, 2.05) is 59.7 Å². The first-order valence-corrected chi connectivity index (χ1v) is 31.9. The molecule has 14 nitrogen and oxygen atoms in total. The molecule has 3 unspecified atom stereocenters. The van der Waals surface area contributed by atoms with Gasteiger partial charge in [-0.1, -0.05) is 140 Å². The molecule has 0 bridgehead atoms. The maximum atomic E-state index is 14.6. The quantitative estimate of drug-likeness (QED) is 0.0226. The maximum absolute atomic E-state index is 14.6. The Labute approximate surface area is 480 Å². The molecular weight excluding hydrogens is 1100 g/mol. The van der Waals surface area contributed by atoms with Gasteiger partial charge in [0.05, 0.1) is 43.0 Å². The summed E-state index contributed by atoms with van der Waals surface area (Å²) in [6, 6.07) is 48.0. The number of rotatable bonds is 25. The minimum absolute atomic E-state index is 0.0265. The molecule has 7 aromatic rings. The van der Waals surface area contributed by atoms with Crippen molar-refractivity contribution in [3.05, 3.63) is 226 Å². The van der Waals surface area contributed by atoms with Gasteiger partial charge in [-0.2, -0.15) is 0 Å². The summed E-state index contributed by atoms with van der Waals surface area (Å²) in [6.45, 7) is 14.8. The van der Waals surface area contributed by atoms with Crippen molar-refractivity contribution in [2.24, 2.45) is 5.41 Å². The van der Waals surface area contributed by atoms with Crippen LogP contribution >= 0.6 is 21.9 Å². The summed E-state index contributed by atoms with van der Waals surface area (Å²) in [6.07, 6.45) is 1.31. The smallest absolute Gasteiger partial charge is 0.338 e. The molecule has 0 heterocycles. The zero-order chi connectivity index (χ0) is 59.7. The molecule has 17 heteroatoms. The summed E-state index contributed by atoms with van der Waals surface area (Å²) >= 11 is 0. The van der Waals surface area contributed by atoms with Crippen LogP contribution in [0.3, 0.4) is 0 Å². The molecule has 0 saturated heterocycles. The van der Waals surface area contributed by atoms with Crippen molar-refractivity contribution in [3.63, 3.8) is 0 Å². The number of hydrogen-bond donors (Lipinski definition) is 0. The highest BCUT2D eigenvalue weighted by Gasteiger charge is 2.41. The highest BCUT2D eigenvalue weighted by molar-refractivity contribution is 7.93. The molecule has 0 N–H and O–H groups in total. The molecule has 7 aromatic carbocycles. The first kappa shape index (κ1) is 63.7. The van der Waals surface area contributed by atoms with Crippen LogP contribution in [-0.2, 0) is 48.4 Å². The van der Waals surface area contributed by atoms with Crippen molar-refractivity contribution in [1.82, 2.24) is 0 Å². The monoisotopic (exact) mass is 1170 g/mol. The lowest BCUT2D eigenvalue weighted by atomic mass is 9.91. The molecule has 0 aromatic heterocycles. The number of carbonyl (C=O) groups is 6. The van der Waals surface area contributed by atoms with Crippen molar-refractivity contribution in [2.45, 2.75) is 81.3 Å². The van der Waals surface area contributed by atoms with Gasteiger partial charge in [0.25, 0.3) is 11.0 Å². The third-order valence-electron chi connectivity index (χ3n) is 13.5. The number of unbranched alkanes of at least 4 members (excludes halogenated alkanes) is 1. The highest BCUT2D eigenvalue weighted by atomic mass is 31.2. The summed E-state index contributed by atoms with van der Waals surface area (Å²) in [5, 5.41) is 1.41. The van der Waals surface area contributed by atoms with Gasteiger partial charge in [-0.3, -0.25) is 28.3 Å². The van der Waals surface area contributed by atoms with Crippen LogP contribution in [-0.4, -0.2) is 60.9 Å². The van der Waals surface area contributed by atoms with Crippen LogP contribution in [0.5, 0.6) is 0 Å². The molecule has 0 aliphatic carbocycles. The Kier molecular flexibility index (Phi) is 22.6. The average molecular weight is 1170 g/mol. The fourth-order valence-electron chi connectivity index (χ4n) is 8.80. The topological polar surface area (TPSA) is 200 Å². The number of esters is 3. The van der Waals surface area contributed by atoms with E-state index in [9.17, 15) is 42.5 Å². The number of carbonyl (C=O) groups excluding carboxylic acids is 6. The number of hydrogen-bond acceptors (Lipinski definition) is 14. The second-order valence-corrected chi connectivity index (χ2v) is 27.0. The summed E-state index contributed by atoms with van der Waals surface area (Å²) < 4.78 is 69.4. The predicted molar refractivity (Wildman–Crippen MR) is 321 cm³/mol. The highest BCUT2D eigenvalue weighted by Crippen LogP contribution is 2.51. The van der Waals surface area contributed by atoms with Gasteiger partial charge in [0.2, 0.25) is 12.7 Å². The molecule has 428 valence electrons. The zero-order valence-electron chi connectivity index (χ0n) is 47.5. The van der Waals surface area contributed by atoms with Gasteiger partial charge in [0, 0.05) is 37.9 Å². The van der Waals surface area contributed by atoms with E-state index in [1.165, 1.54) is 24.3 Å². The minimum atomic E-state index is -4.00. The maximum Gasteiger partial charge on any atom is 0.338 e. The van der Waals surface area contributed by atoms with Gasteiger partial charge in [-0.15, -0.1) is 0 Å². The van der Waals surface area contributed by atoms with Gasteiger partial charge in [0.15, 0.2) is 0 Å². The van der Waals surface area contributed by atoms with Crippen LogP contribution < -0.4 is 21.2 Å². The predicted octanol–water partition coefficient (Wildman–Crippen LogP) is 13.3. The summed E-state index contributed by atoms with van der Waals surface area (Å²) in [5.74, 6) is -1.82. The number of ether oxygens (including phenoxy) is 3. The third-order valence-corrected chi connectivity index (χ3v) is 21.1. The van der Waals surface area contributed by atoms with Gasteiger partial charge in [-0.25, -0.2) is 9.59 Å². The normalized spacial score (nSPS) is 13.4. The van der Waals surface area contributed by atoms with Gasteiger partial charge < -0.3 is 27.8 Å². The molecule has 0 fully saturated rings. The molecule has 3 atom stereocenters. The fraction of sp³-hybridized carbons (Fsp3) is 0.262. The summed E-state index contributed by atoms with van der Waals surface area (Å²) in [7, 11) is -11.7. The zero-order valence-corrected chi connectivity index (χ0v) is 50.1. The van der Waals surface area contributed by atoms with E-state index >= 15 is 0 Å².